The first-order chi connectivity index (χ1) is 15.4. The van der Waals surface area contributed by atoms with Crippen LogP contribution in [0.3, 0.4) is 0 Å². The fraction of sp³-hybridized carbons (Fsp3) is 0.300. The Hall–Kier alpha value is -3.83. The minimum absolute atomic E-state index is 0.00707. The Labute approximate surface area is 181 Å². The van der Waals surface area contributed by atoms with Crippen LogP contribution in [-0.4, -0.2) is 38.3 Å². The number of benzene rings is 1. The maximum atomic E-state index is 14.1. The van der Waals surface area contributed by atoms with Crippen LogP contribution in [-0.2, 0) is 17.9 Å². The second-order valence-electron chi connectivity index (χ2n) is 7.16. The molecule has 0 bridgehead atoms. The summed E-state index contributed by atoms with van der Waals surface area (Å²) in [5, 5.41) is 12.7. The normalized spacial score (nSPS) is 13.1. The summed E-state index contributed by atoms with van der Waals surface area (Å²) in [4.78, 5) is 19.9. The predicted octanol–water partition coefficient (Wildman–Crippen LogP) is 3.05. The molecule has 0 saturated heterocycles. The maximum absolute atomic E-state index is 14.1. The number of carbonyl (C=O) groups is 1. The molecule has 0 atom stereocenters. The third kappa shape index (κ3) is 6.09. The molecule has 2 heterocycles. The van der Waals surface area contributed by atoms with Gasteiger partial charge in [0.05, 0.1) is 18.1 Å². The summed E-state index contributed by atoms with van der Waals surface area (Å²) in [5.41, 5.74) is 1.13. The summed E-state index contributed by atoms with van der Waals surface area (Å²) in [6.45, 7) is -2.71. The molecule has 0 spiro atoms. The number of hydrogen-bond donors (Lipinski definition) is 3. The minimum atomic E-state index is -2.93. The van der Waals surface area contributed by atoms with Crippen LogP contribution in [0.15, 0.2) is 42.9 Å². The summed E-state index contributed by atoms with van der Waals surface area (Å²) in [6, 6.07) is 6.33. The molecule has 3 aromatic rings. The van der Waals surface area contributed by atoms with Gasteiger partial charge in [0.1, 0.15) is 12.3 Å². The molecule has 2 aromatic heterocycles. The quantitative estimate of drug-likeness (QED) is 0.439. The lowest BCUT2D eigenvalue weighted by Crippen LogP contribution is -2.29. The van der Waals surface area contributed by atoms with Crippen molar-refractivity contribution >= 4 is 23.4 Å². The monoisotopic (exact) mass is 447 g/mol. The number of alkyl halides is 2. The van der Waals surface area contributed by atoms with Crippen molar-refractivity contribution in [3.05, 3.63) is 54.2 Å². The summed E-state index contributed by atoms with van der Waals surface area (Å²) >= 11 is 0. The second-order valence-corrected chi connectivity index (χ2v) is 7.16. The number of halogens is 3. The van der Waals surface area contributed by atoms with Gasteiger partial charge in [-0.05, 0) is 30.5 Å². The van der Waals surface area contributed by atoms with Crippen LogP contribution in [0.5, 0.6) is 5.75 Å². The number of hydrogen-bond acceptors (Lipinski definition) is 7. The number of nitrogens with one attached hydrogen (secondary N) is 3. The molecule has 12 heteroatoms. The van der Waals surface area contributed by atoms with E-state index in [4.69, 9.17) is 0 Å². The highest BCUT2D eigenvalue weighted by Crippen LogP contribution is 2.20. The van der Waals surface area contributed by atoms with E-state index in [0.29, 0.717) is 11.3 Å². The smallest absolute Gasteiger partial charge is 0.387 e. The number of anilines is 3. The molecule has 3 N–H and O–H groups in total. The summed E-state index contributed by atoms with van der Waals surface area (Å²) < 4.78 is 44.7. The highest BCUT2D eigenvalue weighted by molar-refractivity contribution is 5.76. The third-order valence-electron chi connectivity index (χ3n) is 4.47. The van der Waals surface area contributed by atoms with E-state index in [9.17, 15) is 18.0 Å². The highest BCUT2D eigenvalue weighted by Gasteiger charge is 2.23. The van der Waals surface area contributed by atoms with Gasteiger partial charge in [0.25, 0.3) is 0 Å². The van der Waals surface area contributed by atoms with E-state index >= 15 is 0 Å². The van der Waals surface area contributed by atoms with E-state index in [1.165, 1.54) is 23.0 Å². The molecular weight excluding hydrogens is 427 g/mol. The molecular formula is C20H20F3N7O2. The fourth-order valence-corrected chi connectivity index (χ4v) is 2.86. The average molecular weight is 447 g/mol. The van der Waals surface area contributed by atoms with Crippen molar-refractivity contribution in [2.45, 2.75) is 38.6 Å². The van der Waals surface area contributed by atoms with Crippen LogP contribution in [0.25, 0.3) is 0 Å². The number of amides is 1. The molecule has 0 aliphatic heterocycles. The molecule has 0 unspecified atom stereocenters. The van der Waals surface area contributed by atoms with Crippen molar-refractivity contribution in [1.82, 2.24) is 25.1 Å². The summed E-state index contributed by atoms with van der Waals surface area (Å²) in [7, 11) is 0. The molecule has 1 saturated carbocycles. The van der Waals surface area contributed by atoms with Gasteiger partial charge in [-0.25, -0.2) is 9.37 Å². The van der Waals surface area contributed by atoms with E-state index in [0.717, 1.165) is 19.0 Å². The number of rotatable bonds is 10. The Balaban J connectivity index is 1.36. The second kappa shape index (κ2) is 9.54. The number of carbonyl (C=O) groups excluding carboxylic acids is 1. The first-order valence-electron chi connectivity index (χ1n) is 9.83. The molecule has 1 aliphatic rings. The number of aromatic nitrogens is 4. The lowest BCUT2D eigenvalue weighted by atomic mass is 10.2. The number of ether oxygens (including phenoxy) is 1. The van der Waals surface area contributed by atoms with Crippen molar-refractivity contribution in [3.8, 4) is 5.75 Å². The molecule has 9 nitrogen and oxygen atoms in total. The van der Waals surface area contributed by atoms with Gasteiger partial charge in [-0.2, -0.15) is 18.9 Å². The molecule has 0 radical (unpaired) electrons. The number of nitrogens with zero attached hydrogens (tertiary/aromatic N) is 4. The zero-order valence-electron chi connectivity index (χ0n) is 16.8. The lowest BCUT2D eigenvalue weighted by Gasteiger charge is -2.10. The standard InChI is InChI=1S/C20H20F3N7O2/c21-16-9-25-20(28-14-8-26-30(10-14)11-17(31)27-13-4-5-13)29-18(16)24-7-12-2-1-3-15(6-12)32-19(22)23/h1-3,6,8-10,13,19H,4-5,7,11H2,(H,27,31)(H2,24,25,28,29). The van der Waals surface area contributed by atoms with Gasteiger partial charge in [-0.3, -0.25) is 9.48 Å². The van der Waals surface area contributed by atoms with E-state index < -0.39 is 12.4 Å². The SMILES string of the molecule is O=C(Cn1cc(Nc2ncc(F)c(NCc3cccc(OC(F)F)c3)n2)cn1)NC1CC1. The Bertz CT molecular complexity index is 1090. The minimum Gasteiger partial charge on any atom is -0.435 e. The van der Waals surface area contributed by atoms with Crippen LogP contribution in [0.4, 0.5) is 30.6 Å². The van der Waals surface area contributed by atoms with E-state index in [-0.39, 0.29) is 42.6 Å². The first-order valence-corrected chi connectivity index (χ1v) is 9.83. The van der Waals surface area contributed by atoms with Gasteiger partial charge in [0, 0.05) is 18.8 Å². The summed E-state index contributed by atoms with van der Waals surface area (Å²) in [6.07, 6.45) is 6.12. The predicted molar refractivity (Wildman–Crippen MR) is 109 cm³/mol. The largest absolute Gasteiger partial charge is 0.435 e. The molecule has 4 rings (SSSR count). The van der Waals surface area contributed by atoms with Gasteiger partial charge in [0.15, 0.2) is 11.6 Å². The van der Waals surface area contributed by atoms with Crippen molar-refractivity contribution < 1.29 is 22.7 Å². The van der Waals surface area contributed by atoms with E-state index in [1.54, 1.807) is 18.3 Å². The van der Waals surface area contributed by atoms with Crippen LogP contribution in [0.2, 0.25) is 0 Å². The van der Waals surface area contributed by atoms with Crippen LogP contribution in [0, 0.1) is 5.82 Å². The fourth-order valence-electron chi connectivity index (χ4n) is 2.86. The van der Waals surface area contributed by atoms with Crippen molar-refractivity contribution in [3.63, 3.8) is 0 Å². The first kappa shape index (κ1) is 21.4. The van der Waals surface area contributed by atoms with Gasteiger partial charge < -0.3 is 20.7 Å². The Kier molecular flexibility index (Phi) is 6.38. The topological polar surface area (TPSA) is 106 Å². The van der Waals surface area contributed by atoms with Crippen molar-refractivity contribution in [1.29, 1.82) is 0 Å². The van der Waals surface area contributed by atoms with Gasteiger partial charge in [0.2, 0.25) is 11.9 Å². The molecule has 168 valence electrons. The van der Waals surface area contributed by atoms with Gasteiger partial charge >= 0.3 is 6.61 Å². The average Bonchev–Trinajstić information content (AvgIpc) is 3.45. The molecule has 1 aliphatic carbocycles. The Morgan fingerprint density at radius 2 is 2.12 bits per heavy atom. The molecule has 32 heavy (non-hydrogen) atoms. The van der Waals surface area contributed by atoms with Crippen LogP contribution >= 0.6 is 0 Å². The van der Waals surface area contributed by atoms with Gasteiger partial charge in [-0.15, -0.1) is 0 Å². The molecule has 1 amide bonds. The van der Waals surface area contributed by atoms with E-state index in [1.807, 2.05) is 0 Å². The Morgan fingerprint density at radius 1 is 1.28 bits per heavy atom. The van der Waals surface area contributed by atoms with Crippen molar-refractivity contribution in [2.24, 2.45) is 0 Å². The zero-order chi connectivity index (χ0) is 22.5. The Morgan fingerprint density at radius 3 is 2.91 bits per heavy atom. The zero-order valence-corrected chi connectivity index (χ0v) is 16.8. The highest BCUT2D eigenvalue weighted by atomic mass is 19.3. The lowest BCUT2D eigenvalue weighted by molar-refractivity contribution is -0.122. The summed E-state index contributed by atoms with van der Waals surface area (Å²) in [5.74, 6) is -0.741. The maximum Gasteiger partial charge on any atom is 0.387 e. The van der Waals surface area contributed by atoms with Gasteiger partial charge in [-0.1, -0.05) is 12.1 Å². The van der Waals surface area contributed by atoms with Crippen LogP contribution < -0.4 is 20.7 Å². The van der Waals surface area contributed by atoms with Crippen molar-refractivity contribution in [2.75, 3.05) is 10.6 Å². The van der Waals surface area contributed by atoms with E-state index in [2.05, 4.69) is 35.8 Å². The molecule has 1 fully saturated rings. The third-order valence-corrected chi connectivity index (χ3v) is 4.47. The van der Waals surface area contributed by atoms with Crippen LogP contribution in [0.1, 0.15) is 18.4 Å². The molecule has 1 aromatic carbocycles.